The Bertz CT molecular complexity index is 589. The van der Waals surface area contributed by atoms with Gasteiger partial charge in [-0.1, -0.05) is 15.9 Å². The van der Waals surface area contributed by atoms with E-state index in [-0.39, 0.29) is 0 Å². The standard InChI is InChI=1S/C11H12BrN3O2S/c12-10-3-4-11(9(7-10)8-13)14-18(16,17)15-5-1-2-6-15/h3-4,7,14H,1-2,5-6H2. The van der Waals surface area contributed by atoms with Crippen LogP contribution in [0.15, 0.2) is 22.7 Å². The van der Waals surface area contributed by atoms with Crippen molar-refractivity contribution in [2.75, 3.05) is 17.8 Å². The van der Waals surface area contributed by atoms with Crippen LogP contribution in [0.2, 0.25) is 0 Å². The van der Waals surface area contributed by atoms with Crippen LogP contribution >= 0.6 is 15.9 Å². The van der Waals surface area contributed by atoms with Gasteiger partial charge in [0.1, 0.15) is 6.07 Å². The maximum atomic E-state index is 12.0. The van der Waals surface area contributed by atoms with E-state index in [0.717, 1.165) is 17.3 Å². The van der Waals surface area contributed by atoms with E-state index in [9.17, 15) is 8.42 Å². The highest BCUT2D eigenvalue weighted by Crippen LogP contribution is 2.23. The Kier molecular flexibility index (Phi) is 3.90. The molecular weight excluding hydrogens is 318 g/mol. The maximum Gasteiger partial charge on any atom is 0.301 e. The average molecular weight is 330 g/mol. The van der Waals surface area contributed by atoms with Crippen LogP contribution in [0, 0.1) is 11.3 Å². The van der Waals surface area contributed by atoms with Crippen molar-refractivity contribution < 1.29 is 8.42 Å². The van der Waals surface area contributed by atoms with Crippen LogP contribution in [-0.2, 0) is 10.2 Å². The highest BCUT2D eigenvalue weighted by atomic mass is 79.9. The quantitative estimate of drug-likeness (QED) is 0.922. The van der Waals surface area contributed by atoms with Crippen molar-refractivity contribution in [1.29, 1.82) is 5.26 Å². The number of anilines is 1. The molecule has 1 aromatic rings. The molecule has 2 rings (SSSR count). The van der Waals surface area contributed by atoms with Crippen LogP contribution in [0.4, 0.5) is 5.69 Å². The van der Waals surface area contributed by atoms with Gasteiger partial charge in [0, 0.05) is 17.6 Å². The van der Waals surface area contributed by atoms with Crippen LogP contribution in [0.25, 0.3) is 0 Å². The van der Waals surface area contributed by atoms with Crippen molar-refractivity contribution in [2.24, 2.45) is 0 Å². The summed E-state index contributed by atoms with van der Waals surface area (Å²) in [5.41, 5.74) is 0.611. The topological polar surface area (TPSA) is 73.2 Å². The van der Waals surface area contributed by atoms with Crippen molar-refractivity contribution in [2.45, 2.75) is 12.8 Å². The minimum absolute atomic E-state index is 0.298. The van der Waals surface area contributed by atoms with Gasteiger partial charge in [-0.2, -0.15) is 18.0 Å². The summed E-state index contributed by atoms with van der Waals surface area (Å²) in [6.07, 6.45) is 1.76. The van der Waals surface area contributed by atoms with E-state index in [1.807, 2.05) is 6.07 Å². The van der Waals surface area contributed by atoms with E-state index in [1.54, 1.807) is 18.2 Å². The van der Waals surface area contributed by atoms with Crippen LogP contribution in [-0.4, -0.2) is 25.8 Å². The summed E-state index contributed by atoms with van der Waals surface area (Å²) in [5.74, 6) is 0. The normalized spacial score (nSPS) is 16.4. The molecule has 7 heteroatoms. The Balaban J connectivity index is 2.26. The average Bonchev–Trinajstić information content (AvgIpc) is 2.85. The molecule has 0 aliphatic carbocycles. The largest absolute Gasteiger partial charge is 0.301 e. The van der Waals surface area contributed by atoms with Crippen molar-refractivity contribution in [1.82, 2.24) is 4.31 Å². The highest BCUT2D eigenvalue weighted by Gasteiger charge is 2.25. The van der Waals surface area contributed by atoms with E-state index in [0.29, 0.717) is 24.3 Å². The summed E-state index contributed by atoms with van der Waals surface area (Å²) >= 11 is 3.24. The van der Waals surface area contributed by atoms with Gasteiger partial charge in [-0.15, -0.1) is 0 Å². The van der Waals surface area contributed by atoms with Gasteiger partial charge in [0.25, 0.3) is 0 Å². The van der Waals surface area contributed by atoms with Crippen LogP contribution in [0.1, 0.15) is 18.4 Å². The summed E-state index contributed by atoms with van der Waals surface area (Å²) in [7, 11) is -3.54. The predicted molar refractivity (Wildman–Crippen MR) is 72.2 cm³/mol. The first kappa shape index (κ1) is 13.3. The molecule has 0 atom stereocenters. The Morgan fingerprint density at radius 1 is 1.33 bits per heavy atom. The zero-order valence-corrected chi connectivity index (χ0v) is 12.0. The Morgan fingerprint density at radius 2 is 2.00 bits per heavy atom. The van der Waals surface area contributed by atoms with Gasteiger partial charge in [-0.05, 0) is 31.0 Å². The Labute approximate surface area is 115 Å². The molecule has 18 heavy (non-hydrogen) atoms. The molecule has 1 aromatic carbocycles. The van der Waals surface area contributed by atoms with Crippen molar-refractivity contribution >= 4 is 31.8 Å². The number of nitriles is 1. The van der Waals surface area contributed by atoms with Gasteiger partial charge in [-0.25, -0.2) is 0 Å². The van der Waals surface area contributed by atoms with Gasteiger partial charge in [-0.3, -0.25) is 4.72 Å². The molecule has 0 bridgehead atoms. The van der Waals surface area contributed by atoms with Crippen molar-refractivity contribution in [3.05, 3.63) is 28.2 Å². The molecule has 0 unspecified atom stereocenters. The predicted octanol–water partition coefficient (Wildman–Crippen LogP) is 2.07. The second kappa shape index (κ2) is 5.26. The van der Waals surface area contributed by atoms with Crippen LogP contribution in [0.5, 0.6) is 0 Å². The number of benzene rings is 1. The first-order valence-electron chi connectivity index (χ1n) is 5.50. The maximum absolute atomic E-state index is 12.0. The van der Waals surface area contributed by atoms with Gasteiger partial charge in [0.05, 0.1) is 11.3 Å². The lowest BCUT2D eigenvalue weighted by Crippen LogP contribution is -2.33. The fourth-order valence-corrected chi connectivity index (χ4v) is 3.51. The van der Waals surface area contributed by atoms with E-state index in [4.69, 9.17) is 5.26 Å². The first-order valence-corrected chi connectivity index (χ1v) is 7.74. The SMILES string of the molecule is N#Cc1cc(Br)ccc1NS(=O)(=O)N1CCCC1. The number of nitrogens with zero attached hydrogens (tertiary/aromatic N) is 2. The van der Waals surface area contributed by atoms with Crippen LogP contribution in [0.3, 0.4) is 0 Å². The zero-order chi connectivity index (χ0) is 13.2. The molecule has 5 nitrogen and oxygen atoms in total. The third kappa shape index (κ3) is 2.83. The Morgan fingerprint density at radius 3 is 2.61 bits per heavy atom. The molecule has 1 fully saturated rings. The fourth-order valence-electron chi connectivity index (χ4n) is 1.83. The van der Waals surface area contributed by atoms with Gasteiger partial charge >= 0.3 is 10.2 Å². The molecule has 0 saturated carbocycles. The molecule has 0 radical (unpaired) electrons. The minimum Gasteiger partial charge on any atom is -0.270 e. The van der Waals surface area contributed by atoms with Gasteiger partial charge in [0.2, 0.25) is 0 Å². The minimum atomic E-state index is -3.54. The van der Waals surface area contributed by atoms with E-state index in [2.05, 4.69) is 20.7 Å². The molecule has 1 heterocycles. The number of halogens is 1. The van der Waals surface area contributed by atoms with Crippen LogP contribution < -0.4 is 4.72 Å². The van der Waals surface area contributed by atoms with E-state index < -0.39 is 10.2 Å². The lowest BCUT2D eigenvalue weighted by molar-refractivity contribution is 0.482. The molecule has 1 aliphatic rings. The number of nitrogens with one attached hydrogen (secondary N) is 1. The molecule has 0 aromatic heterocycles. The third-order valence-corrected chi connectivity index (χ3v) is 4.76. The summed E-state index contributed by atoms with van der Waals surface area (Å²) in [5, 5.41) is 8.99. The summed E-state index contributed by atoms with van der Waals surface area (Å²) in [6.45, 7) is 1.07. The van der Waals surface area contributed by atoms with Gasteiger partial charge in [0.15, 0.2) is 0 Å². The van der Waals surface area contributed by atoms with E-state index in [1.165, 1.54) is 4.31 Å². The second-order valence-electron chi connectivity index (χ2n) is 4.01. The second-order valence-corrected chi connectivity index (χ2v) is 6.60. The summed E-state index contributed by atoms with van der Waals surface area (Å²) in [4.78, 5) is 0. The summed E-state index contributed by atoms with van der Waals surface area (Å²) in [6, 6.07) is 6.84. The number of rotatable bonds is 3. The smallest absolute Gasteiger partial charge is 0.270 e. The third-order valence-electron chi connectivity index (χ3n) is 2.75. The Hall–Kier alpha value is -1.10. The molecule has 1 aliphatic heterocycles. The molecule has 0 spiro atoms. The molecule has 1 saturated heterocycles. The number of hydrogen-bond donors (Lipinski definition) is 1. The first-order chi connectivity index (χ1) is 8.53. The van der Waals surface area contributed by atoms with Crippen molar-refractivity contribution in [3.8, 4) is 6.07 Å². The van der Waals surface area contributed by atoms with E-state index >= 15 is 0 Å². The molecular formula is C11H12BrN3O2S. The molecule has 0 amide bonds. The van der Waals surface area contributed by atoms with Gasteiger partial charge < -0.3 is 0 Å². The lowest BCUT2D eigenvalue weighted by atomic mass is 10.2. The molecule has 1 N–H and O–H groups in total. The highest BCUT2D eigenvalue weighted by molar-refractivity contribution is 9.10. The van der Waals surface area contributed by atoms with Crippen molar-refractivity contribution in [3.63, 3.8) is 0 Å². The monoisotopic (exact) mass is 329 g/mol. The summed E-state index contributed by atoms with van der Waals surface area (Å²) < 4.78 is 28.7. The lowest BCUT2D eigenvalue weighted by Gasteiger charge is -2.17. The zero-order valence-electron chi connectivity index (χ0n) is 9.56. The molecule has 96 valence electrons. The number of hydrogen-bond acceptors (Lipinski definition) is 3. The fraction of sp³-hybridized carbons (Fsp3) is 0.364.